The third-order valence-corrected chi connectivity index (χ3v) is 4.55. The molecule has 0 unspecified atom stereocenters. The SMILES string of the molecule is CC[C@H](C)[C@H](NC(=O)[C@@H](N)C(C)C)C(=O)NC(=O)CN1CCOCC1. The first-order valence-electron chi connectivity index (χ1n) is 8.96. The molecule has 1 aliphatic rings. The number of hydrogen-bond donors (Lipinski definition) is 3. The van der Waals surface area contributed by atoms with Crippen molar-refractivity contribution in [2.45, 2.75) is 46.2 Å². The van der Waals surface area contributed by atoms with Crippen molar-refractivity contribution in [2.24, 2.45) is 17.6 Å². The minimum atomic E-state index is -0.782. The Morgan fingerprint density at radius 3 is 2.24 bits per heavy atom. The van der Waals surface area contributed by atoms with Gasteiger partial charge in [0.15, 0.2) is 0 Å². The van der Waals surface area contributed by atoms with E-state index in [4.69, 9.17) is 10.5 Å². The molecule has 1 aliphatic heterocycles. The lowest BCUT2D eigenvalue weighted by Gasteiger charge is -2.27. The van der Waals surface area contributed by atoms with Gasteiger partial charge in [-0.2, -0.15) is 0 Å². The third kappa shape index (κ3) is 7.09. The van der Waals surface area contributed by atoms with Crippen LogP contribution >= 0.6 is 0 Å². The normalized spacial score (nSPS) is 19.1. The van der Waals surface area contributed by atoms with Crippen LogP contribution < -0.4 is 16.4 Å². The zero-order valence-electron chi connectivity index (χ0n) is 15.7. The van der Waals surface area contributed by atoms with E-state index in [9.17, 15) is 14.4 Å². The van der Waals surface area contributed by atoms with E-state index in [0.29, 0.717) is 32.7 Å². The van der Waals surface area contributed by atoms with Crippen LogP contribution in [-0.4, -0.2) is 67.6 Å². The van der Waals surface area contributed by atoms with Gasteiger partial charge >= 0.3 is 0 Å². The van der Waals surface area contributed by atoms with Crippen LogP contribution in [0.5, 0.6) is 0 Å². The summed E-state index contributed by atoms with van der Waals surface area (Å²) in [6.07, 6.45) is 0.687. The standard InChI is InChI=1S/C17H32N4O4/c1-5-12(4)15(20-16(23)14(18)11(2)3)17(24)19-13(22)10-21-6-8-25-9-7-21/h11-12,14-15H,5-10,18H2,1-4H3,(H,20,23)(H,19,22,24)/t12-,14-,15-/m0/s1. The quantitative estimate of drug-likeness (QED) is 0.539. The topological polar surface area (TPSA) is 114 Å². The number of rotatable bonds is 8. The molecule has 0 bridgehead atoms. The molecule has 144 valence electrons. The van der Waals surface area contributed by atoms with E-state index in [-0.39, 0.29) is 30.2 Å². The Kier molecular flexibility index (Phi) is 9.02. The average Bonchev–Trinajstić information content (AvgIpc) is 2.58. The lowest BCUT2D eigenvalue weighted by atomic mass is 9.96. The number of amides is 3. The second kappa shape index (κ2) is 10.5. The molecule has 0 aromatic carbocycles. The summed E-state index contributed by atoms with van der Waals surface area (Å²) in [6.45, 7) is 10.1. The zero-order valence-corrected chi connectivity index (χ0v) is 15.7. The van der Waals surface area contributed by atoms with E-state index in [1.54, 1.807) is 0 Å². The van der Waals surface area contributed by atoms with E-state index in [1.807, 2.05) is 32.6 Å². The number of nitrogens with zero attached hydrogens (tertiary/aromatic N) is 1. The molecular formula is C17H32N4O4. The fourth-order valence-electron chi connectivity index (χ4n) is 2.47. The van der Waals surface area contributed by atoms with Gasteiger partial charge in [-0.3, -0.25) is 24.6 Å². The molecule has 1 rings (SSSR count). The summed E-state index contributed by atoms with van der Waals surface area (Å²) in [7, 11) is 0. The molecule has 25 heavy (non-hydrogen) atoms. The molecular weight excluding hydrogens is 324 g/mol. The van der Waals surface area contributed by atoms with E-state index < -0.39 is 18.0 Å². The second-order valence-corrected chi connectivity index (χ2v) is 6.94. The monoisotopic (exact) mass is 356 g/mol. The molecule has 1 saturated heterocycles. The number of morpholine rings is 1. The predicted molar refractivity (Wildman–Crippen MR) is 94.6 cm³/mol. The van der Waals surface area contributed by atoms with Gasteiger partial charge in [-0.05, 0) is 11.8 Å². The molecule has 8 heteroatoms. The second-order valence-electron chi connectivity index (χ2n) is 6.94. The van der Waals surface area contributed by atoms with Crippen molar-refractivity contribution in [1.82, 2.24) is 15.5 Å². The molecule has 1 heterocycles. The molecule has 0 radical (unpaired) electrons. The Morgan fingerprint density at radius 2 is 1.72 bits per heavy atom. The fraction of sp³-hybridized carbons (Fsp3) is 0.824. The summed E-state index contributed by atoms with van der Waals surface area (Å²) in [5.41, 5.74) is 5.85. The first-order valence-corrected chi connectivity index (χ1v) is 8.96. The van der Waals surface area contributed by atoms with E-state index >= 15 is 0 Å². The lowest BCUT2D eigenvalue weighted by Crippen LogP contribution is -2.56. The van der Waals surface area contributed by atoms with Crippen LogP contribution in [0.2, 0.25) is 0 Å². The molecule has 0 saturated carbocycles. The molecule has 0 aromatic rings. The van der Waals surface area contributed by atoms with E-state index in [0.717, 1.165) is 0 Å². The van der Waals surface area contributed by atoms with Gasteiger partial charge in [-0.1, -0.05) is 34.1 Å². The molecule has 1 fully saturated rings. The zero-order chi connectivity index (χ0) is 19.0. The Balaban J connectivity index is 2.63. The highest BCUT2D eigenvalue weighted by molar-refractivity contribution is 6.00. The minimum absolute atomic E-state index is 0.0383. The van der Waals surface area contributed by atoms with Crippen LogP contribution in [0.4, 0.5) is 0 Å². The molecule has 0 spiro atoms. The van der Waals surface area contributed by atoms with Crippen molar-refractivity contribution >= 4 is 17.7 Å². The van der Waals surface area contributed by atoms with Crippen LogP contribution in [0.25, 0.3) is 0 Å². The number of carbonyl (C=O) groups excluding carboxylic acids is 3. The van der Waals surface area contributed by atoms with E-state index in [2.05, 4.69) is 10.6 Å². The first kappa shape index (κ1) is 21.5. The molecule has 3 atom stereocenters. The van der Waals surface area contributed by atoms with Gasteiger partial charge in [0.25, 0.3) is 0 Å². The van der Waals surface area contributed by atoms with Crippen molar-refractivity contribution in [1.29, 1.82) is 0 Å². The lowest BCUT2D eigenvalue weighted by molar-refractivity contribution is -0.136. The van der Waals surface area contributed by atoms with Gasteiger partial charge in [0.1, 0.15) is 6.04 Å². The van der Waals surface area contributed by atoms with Crippen LogP contribution in [0.3, 0.4) is 0 Å². The number of carbonyl (C=O) groups is 3. The Hall–Kier alpha value is -1.51. The molecule has 3 amide bonds. The predicted octanol–water partition coefficient (Wildman–Crippen LogP) is -0.524. The summed E-state index contributed by atoms with van der Waals surface area (Å²) >= 11 is 0. The highest BCUT2D eigenvalue weighted by Crippen LogP contribution is 2.09. The molecule has 4 N–H and O–H groups in total. The van der Waals surface area contributed by atoms with Gasteiger partial charge in [0, 0.05) is 13.1 Å². The van der Waals surface area contributed by atoms with Gasteiger partial charge in [-0.15, -0.1) is 0 Å². The van der Waals surface area contributed by atoms with Crippen molar-refractivity contribution in [2.75, 3.05) is 32.8 Å². The molecule has 0 aromatic heterocycles. The average molecular weight is 356 g/mol. The number of nitrogens with one attached hydrogen (secondary N) is 2. The summed E-state index contributed by atoms with van der Waals surface area (Å²) in [4.78, 5) is 38.7. The van der Waals surface area contributed by atoms with Crippen molar-refractivity contribution in [3.05, 3.63) is 0 Å². The number of hydrogen-bond acceptors (Lipinski definition) is 6. The Morgan fingerprint density at radius 1 is 1.12 bits per heavy atom. The largest absolute Gasteiger partial charge is 0.379 e. The summed E-state index contributed by atoms with van der Waals surface area (Å²) in [5.74, 6) is -1.39. The van der Waals surface area contributed by atoms with Crippen LogP contribution in [-0.2, 0) is 19.1 Å². The fourth-order valence-corrected chi connectivity index (χ4v) is 2.47. The molecule has 8 nitrogen and oxygen atoms in total. The summed E-state index contributed by atoms with van der Waals surface area (Å²) < 4.78 is 5.23. The minimum Gasteiger partial charge on any atom is -0.379 e. The highest BCUT2D eigenvalue weighted by Gasteiger charge is 2.30. The summed E-state index contributed by atoms with van der Waals surface area (Å²) in [5, 5.41) is 5.10. The number of imide groups is 1. The molecule has 0 aliphatic carbocycles. The first-order chi connectivity index (χ1) is 11.8. The maximum absolute atomic E-state index is 12.5. The Labute approximate surface area is 149 Å². The smallest absolute Gasteiger partial charge is 0.249 e. The van der Waals surface area contributed by atoms with Crippen LogP contribution in [0.1, 0.15) is 34.1 Å². The van der Waals surface area contributed by atoms with Gasteiger partial charge in [0.2, 0.25) is 17.7 Å². The van der Waals surface area contributed by atoms with E-state index in [1.165, 1.54) is 0 Å². The number of nitrogens with two attached hydrogens (primary N) is 1. The van der Waals surface area contributed by atoms with Gasteiger partial charge in [-0.25, -0.2) is 0 Å². The maximum atomic E-state index is 12.5. The van der Waals surface area contributed by atoms with Crippen molar-refractivity contribution in [3.63, 3.8) is 0 Å². The number of ether oxygens (including phenoxy) is 1. The van der Waals surface area contributed by atoms with Crippen molar-refractivity contribution < 1.29 is 19.1 Å². The van der Waals surface area contributed by atoms with Crippen LogP contribution in [0.15, 0.2) is 0 Å². The summed E-state index contributed by atoms with van der Waals surface area (Å²) in [6, 6.07) is -1.47. The van der Waals surface area contributed by atoms with Gasteiger partial charge < -0.3 is 15.8 Å². The Bertz CT molecular complexity index is 464. The van der Waals surface area contributed by atoms with Gasteiger partial charge in [0.05, 0.1) is 25.8 Å². The third-order valence-electron chi connectivity index (χ3n) is 4.55. The highest BCUT2D eigenvalue weighted by atomic mass is 16.5. The van der Waals surface area contributed by atoms with Crippen molar-refractivity contribution in [3.8, 4) is 0 Å². The van der Waals surface area contributed by atoms with Crippen LogP contribution in [0, 0.1) is 11.8 Å². The maximum Gasteiger partial charge on any atom is 0.249 e.